The average Bonchev–Trinajstić information content (AvgIpc) is 2.34. The number of hydrogen-bond donors (Lipinski definition) is 1. The third-order valence-electron chi connectivity index (χ3n) is 2.36. The molecule has 1 heterocycles. The summed E-state index contributed by atoms with van der Waals surface area (Å²) in [6.07, 6.45) is 5.91. The Morgan fingerprint density at radius 1 is 1.67 bits per heavy atom. The third-order valence-corrected chi connectivity index (χ3v) is 2.36. The Balaban J connectivity index is 2.02. The zero-order valence-electron chi connectivity index (χ0n) is 7.32. The Morgan fingerprint density at radius 2 is 2.50 bits per heavy atom. The van der Waals surface area contributed by atoms with Gasteiger partial charge in [-0.3, -0.25) is 0 Å². The molecule has 0 spiro atoms. The molecule has 0 radical (unpaired) electrons. The lowest BCUT2D eigenvalue weighted by molar-refractivity contribution is 0.284. The van der Waals surface area contributed by atoms with E-state index in [2.05, 4.69) is 15.6 Å². The van der Waals surface area contributed by atoms with Gasteiger partial charge < -0.3 is 5.32 Å². The van der Waals surface area contributed by atoms with Gasteiger partial charge in [0.1, 0.15) is 0 Å². The van der Waals surface area contributed by atoms with Gasteiger partial charge in [0.25, 0.3) is 0 Å². The first-order valence-electron chi connectivity index (χ1n) is 4.45. The summed E-state index contributed by atoms with van der Waals surface area (Å²) in [7, 11) is 1.92. The van der Waals surface area contributed by atoms with Crippen LogP contribution in [0.1, 0.15) is 31.0 Å². The molecule has 0 aliphatic heterocycles. The molecule has 1 aliphatic rings. The number of hydrogen-bond acceptors (Lipinski definition) is 3. The van der Waals surface area contributed by atoms with Crippen molar-refractivity contribution in [2.24, 2.45) is 0 Å². The fourth-order valence-corrected chi connectivity index (χ4v) is 1.41. The molecule has 12 heavy (non-hydrogen) atoms. The highest BCUT2D eigenvalue weighted by Crippen LogP contribution is 2.30. The van der Waals surface area contributed by atoms with E-state index in [1.807, 2.05) is 17.9 Å². The molecular weight excluding hydrogens is 152 g/mol. The lowest BCUT2D eigenvalue weighted by Crippen LogP contribution is -2.17. The van der Waals surface area contributed by atoms with Crippen LogP contribution in [0.5, 0.6) is 0 Å². The summed E-state index contributed by atoms with van der Waals surface area (Å²) in [5.74, 6) is 0. The topological polar surface area (TPSA) is 42.7 Å². The van der Waals surface area contributed by atoms with Crippen LogP contribution in [-0.4, -0.2) is 22.0 Å². The zero-order chi connectivity index (χ0) is 8.39. The monoisotopic (exact) mass is 166 g/mol. The molecule has 4 heteroatoms. The van der Waals surface area contributed by atoms with Crippen LogP contribution in [0, 0.1) is 0 Å². The Morgan fingerprint density at radius 3 is 3.08 bits per heavy atom. The lowest BCUT2D eigenvalue weighted by atomic mass is 9.93. The van der Waals surface area contributed by atoms with Crippen molar-refractivity contribution in [2.75, 3.05) is 7.05 Å². The van der Waals surface area contributed by atoms with Gasteiger partial charge in [0.05, 0.1) is 17.9 Å². The van der Waals surface area contributed by atoms with E-state index in [-0.39, 0.29) is 0 Å². The average molecular weight is 166 g/mol. The maximum absolute atomic E-state index is 4.08. The van der Waals surface area contributed by atoms with Crippen molar-refractivity contribution >= 4 is 0 Å². The predicted octanol–water partition coefficient (Wildman–Crippen LogP) is 0.722. The van der Waals surface area contributed by atoms with Gasteiger partial charge in [0.15, 0.2) is 0 Å². The summed E-state index contributed by atoms with van der Waals surface area (Å²) in [6, 6.07) is 0.628. The molecule has 0 saturated heterocycles. The standard InChI is InChI=1S/C8H14N4/c1-9-5-7-6-12(11-10-7)8-3-2-4-8/h6,8-9H,2-5H2,1H3. The predicted molar refractivity (Wildman–Crippen MR) is 45.7 cm³/mol. The molecule has 1 saturated carbocycles. The molecule has 0 bridgehead atoms. The second kappa shape index (κ2) is 3.23. The number of nitrogens with zero attached hydrogens (tertiary/aromatic N) is 3. The van der Waals surface area contributed by atoms with Crippen LogP contribution in [0.25, 0.3) is 0 Å². The van der Waals surface area contributed by atoms with Crippen molar-refractivity contribution in [1.29, 1.82) is 0 Å². The maximum Gasteiger partial charge on any atom is 0.0964 e. The van der Waals surface area contributed by atoms with Crippen molar-refractivity contribution in [1.82, 2.24) is 20.3 Å². The van der Waals surface area contributed by atoms with Crippen LogP contribution in [-0.2, 0) is 6.54 Å². The highest BCUT2D eigenvalue weighted by Gasteiger charge is 2.20. The second-order valence-corrected chi connectivity index (χ2v) is 3.30. The lowest BCUT2D eigenvalue weighted by Gasteiger charge is -2.24. The summed E-state index contributed by atoms with van der Waals surface area (Å²) >= 11 is 0. The van der Waals surface area contributed by atoms with Gasteiger partial charge in [-0.15, -0.1) is 5.10 Å². The summed E-state index contributed by atoms with van der Waals surface area (Å²) in [4.78, 5) is 0. The third kappa shape index (κ3) is 1.34. The summed E-state index contributed by atoms with van der Waals surface area (Å²) in [5, 5.41) is 11.2. The molecule has 1 N–H and O–H groups in total. The molecule has 0 amide bonds. The fourth-order valence-electron chi connectivity index (χ4n) is 1.41. The molecule has 2 rings (SSSR count). The quantitative estimate of drug-likeness (QED) is 0.719. The number of aromatic nitrogens is 3. The van der Waals surface area contributed by atoms with Crippen LogP contribution in [0.4, 0.5) is 0 Å². The molecule has 1 aliphatic carbocycles. The Hall–Kier alpha value is -0.900. The molecule has 1 aromatic heterocycles. The minimum atomic E-state index is 0.628. The maximum atomic E-state index is 4.08. The van der Waals surface area contributed by atoms with E-state index in [1.165, 1.54) is 19.3 Å². The van der Waals surface area contributed by atoms with Gasteiger partial charge in [-0.25, -0.2) is 4.68 Å². The first-order valence-corrected chi connectivity index (χ1v) is 4.45. The SMILES string of the molecule is CNCc1cn(C2CCC2)nn1. The van der Waals surface area contributed by atoms with Crippen LogP contribution in [0.2, 0.25) is 0 Å². The van der Waals surface area contributed by atoms with Crippen molar-refractivity contribution in [3.63, 3.8) is 0 Å². The molecule has 1 aromatic rings. The van der Waals surface area contributed by atoms with Gasteiger partial charge in [-0.05, 0) is 26.3 Å². The molecule has 0 aromatic carbocycles. The zero-order valence-corrected chi connectivity index (χ0v) is 7.32. The largest absolute Gasteiger partial charge is 0.314 e. The smallest absolute Gasteiger partial charge is 0.0964 e. The minimum Gasteiger partial charge on any atom is -0.314 e. The second-order valence-electron chi connectivity index (χ2n) is 3.30. The van der Waals surface area contributed by atoms with Gasteiger partial charge in [-0.1, -0.05) is 5.21 Å². The van der Waals surface area contributed by atoms with E-state index in [0.717, 1.165) is 12.2 Å². The van der Waals surface area contributed by atoms with E-state index >= 15 is 0 Å². The van der Waals surface area contributed by atoms with Gasteiger partial charge >= 0.3 is 0 Å². The van der Waals surface area contributed by atoms with Crippen LogP contribution in [0.15, 0.2) is 6.20 Å². The normalized spacial score (nSPS) is 17.8. The minimum absolute atomic E-state index is 0.628. The summed E-state index contributed by atoms with van der Waals surface area (Å²) < 4.78 is 2.00. The Bertz CT molecular complexity index is 251. The highest BCUT2D eigenvalue weighted by atomic mass is 15.4. The highest BCUT2D eigenvalue weighted by molar-refractivity contribution is 4.93. The van der Waals surface area contributed by atoms with Crippen LogP contribution >= 0.6 is 0 Å². The summed E-state index contributed by atoms with van der Waals surface area (Å²) in [6.45, 7) is 0.812. The van der Waals surface area contributed by atoms with Crippen LogP contribution in [0.3, 0.4) is 0 Å². The van der Waals surface area contributed by atoms with E-state index < -0.39 is 0 Å². The van der Waals surface area contributed by atoms with Crippen LogP contribution < -0.4 is 5.32 Å². The first-order chi connectivity index (χ1) is 5.90. The van der Waals surface area contributed by atoms with Crippen molar-refractivity contribution in [2.45, 2.75) is 31.8 Å². The Kier molecular flexibility index (Phi) is 2.08. The van der Waals surface area contributed by atoms with Crippen molar-refractivity contribution < 1.29 is 0 Å². The molecular formula is C8H14N4. The molecule has 4 nitrogen and oxygen atoms in total. The van der Waals surface area contributed by atoms with Gasteiger partial charge in [0, 0.05) is 6.54 Å². The summed E-state index contributed by atoms with van der Waals surface area (Å²) in [5.41, 5.74) is 1.03. The van der Waals surface area contributed by atoms with Crippen molar-refractivity contribution in [3.8, 4) is 0 Å². The number of nitrogens with one attached hydrogen (secondary N) is 1. The van der Waals surface area contributed by atoms with E-state index in [4.69, 9.17) is 0 Å². The van der Waals surface area contributed by atoms with Gasteiger partial charge in [-0.2, -0.15) is 0 Å². The molecule has 66 valence electrons. The van der Waals surface area contributed by atoms with Gasteiger partial charge in [0.2, 0.25) is 0 Å². The molecule has 0 unspecified atom stereocenters. The van der Waals surface area contributed by atoms with E-state index in [0.29, 0.717) is 6.04 Å². The fraction of sp³-hybridized carbons (Fsp3) is 0.750. The number of rotatable bonds is 3. The Labute approximate surface area is 72.0 Å². The molecule has 0 atom stereocenters. The van der Waals surface area contributed by atoms with Crippen molar-refractivity contribution in [3.05, 3.63) is 11.9 Å². The molecule has 1 fully saturated rings. The first kappa shape index (κ1) is 7.73. The van der Waals surface area contributed by atoms with E-state index in [1.54, 1.807) is 0 Å². The van der Waals surface area contributed by atoms with E-state index in [9.17, 15) is 0 Å².